The second-order valence-electron chi connectivity index (χ2n) is 2.67. The molecule has 0 aliphatic rings. The van der Waals surface area contributed by atoms with Gasteiger partial charge < -0.3 is 4.42 Å². The Morgan fingerprint density at radius 3 is 3.00 bits per heavy atom. The summed E-state index contributed by atoms with van der Waals surface area (Å²) < 4.78 is 18.2. The summed E-state index contributed by atoms with van der Waals surface area (Å²) in [6.07, 6.45) is 3.39. The number of oxazole rings is 1. The van der Waals surface area contributed by atoms with Crippen LogP contribution in [-0.2, 0) is 0 Å². The summed E-state index contributed by atoms with van der Waals surface area (Å²) in [6, 6.07) is 4.42. The van der Waals surface area contributed by atoms with Gasteiger partial charge in [0.1, 0.15) is 12.1 Å². The van der Waals surface area contributed by atoms with E-state index in [2.05, 4.69) is 4.98 Å². The zero-order valence-electron chi connectivity index (χ0n) is 7.51. The van der Waals surface area contributed by atoms with Gasteiger partial charge in [-0.05, 0) is 23.9 Å². The van der Waals surface area contributed by atoms with Gasteiger partial charge in [-0.15, -0.1) is 0 Å². The molecule has 0 unspecified atom stereocenters. The third-order valence-electron chi connectivity index (χ3n) is 1.74. The van der Waals surface area contributed by atoms with Gasteiger partial charge in [0.05, 0.1) is 11.8 Å². The van der Waals surface area contributed by atoms with Crippen LogP contribution < -0.4 is 0 Å². The van der Waals surface area contributed by atoms with Gasteiger partial charge in [0.25, 0.3) is 5.22 Å². The van der Waals surface area contributed by atoms with Crippen molar-refractivity contribution in [1.29, 1.82) is 0 Å². The van der Waals surface area contributed by atoms with Crippen molar-refractivity contribution in [2.45, 2.75) is 10.1 Å². The van der Waals surface area contributed by atoms with E-state index in [9.17, 15) is 9.18 Å². The molecule has 5 heteroatoms. The van der Waals surface area contributed by atoms with Crippen LogP contribution in [0.3, 0.4) is 0 Å². The first kappa shape index (κ1) is 9.92. The molecule has 2 rings (SSSR count). The minimum atomic E-state index is -0.540. The molecule has 0 aliphatic carbocycles. The molecule has 3 nitrogen and oxygen atoms in total. The third-order valence-corrected chi connectivity index (χ3v) is 2.69. The monoisotopic (exact) mass is 223 g/mol. The van der Waals surface area contributed by atoms with E-state index < -0.39 is 5.82 Å². The Hall–Kier alpha value is -1.62. The van der Waals surface area contributed by atoms with Gasteiger partial charge in [-0.25, -0.2) is 9.37 Å². The first-order chi connectivity index (χ1) is 7.31. The van der Waals surface area contributed by atoms with Crippen LogP contribution in [0.2, 0.25) is 0 Å². The van der Waals surface area contributed by atoms with Gasteiger partial charge in [-0.3, -0.25) is 4.79 Å². The molecule has 0 N–H and O–H groups in total. The fourth-order valence-corrected chi connectivity index (χ4v) is 1.88. The smallest absolute Gasteiger partial charge is 0.260 e. The van der Waals surface area contributed by atoms with Crippen LogP contribution >= 0.6 is 11.8 Å². The highest BCUT2D eigenvalue weighted by atomic mass is 32.2. The molecule has 0 amide bonds. The summed E-state index contributed by atoms with van der Waals surface area (Å²) in [5.41, 5.74) is 0.0284. The number of rotatable bonds is 3. The molecule has 15 heavy (non-hydrogen) atoms. The van der Waals surface area contributed by atoms with Crippen molar-refractivity contribution >= 4 is 18.0 Å². The normalized spacial score (nSPS) is 10.2. The van der Waals surface area contributed by atoms with Crippen LogP contribution in [0.5, 0.6) is 0 Å². The highest BCUT2D eigenvalue weighted by Gasteiger charge is 2.10. The van der Waals surface area contributed by atoms with Crippen molar-refractivity contribution in [2.24, 2.45) is 0 Å². The predicted molar refractivity (Wildman–Crippen MR) is 52.4 cm³/mol. The van der Waals surface area contributed by atoms with Crippen LogP contribution in [0.1, 0.15) is 10.4 Å². The Kier molecular flexibility index (Phi) is 2.82. The summed E-state index contributed by atoms with van der Waals surface area (Å²) in [4.78, 5) is 15.0. The van der Waals surface area contributed by atoms with Crippen molar-refractivity contribution in [3.63, 3.8) is 0 Å². The molecule has 0 saturated carbocycles. The van der Waals surface area contributed by atoms with E-state index in [1.54, 1.807) is 6.07 Å². The van der Waals surface area contributed by atoms with Gasteiger partial charge in [0.2, 0.25) is 0 Å². The fourth-order valence-electron chi connectivity index (χ4n) is 1.08. The third kappa shape index (κ3) is 2.07. The molecule has 0 aliphatic heterocycles. The molecule has 76 valence electrons. The zero-order valence-corrected chi connectivity index (χ0v) is 8.33. The van der Waals surface area contributed by atoms with E-state index in [1.807, 2.05) is 0 Å². The van der Waals surface area contributed by atoms with Crippen LogP contribution in [0.25, 0.3) is 0 Å². The Balaban J connectivity index is 2.36. The Morgan fingerprint density at radius 1 is 1.47 bits per heavy atom. The largest absolute Gasteiger partial charge is 0.440 e. The van der Waals surface area contributed by atoms with Crippen molar-refractivity contribution in [3.05, 3.63) is 42.0 Å². The summed E-state index contributed by atoms with van der Waals surface area (Å²) in [5, 5.41) is 0.378. The van der Waals surface area contributed by atoms with E-state index >= 15 is 0 Å². The van der Waals surface area contributed by atoms with E-state index in [0.717, 1.165) is 11.8 Å². The van der Waals surface area contributed by atoms with Gasteiger partial charge in [0, 0.05) is 4.90 Å². The second-order valence-corrected chi connectivity index (χ2v) is 3.66. The molecule has 0 fully saturated rings. The number of carbonyl (C=O) groups excluding carboxylic acids is 1. The lowest BCUT2D eigenvalue weighted by atomic mass is 10.2. The molecule has 2 aromatic rings. The standard InChI is InChI=1S/C10H6FNO2S/c11-8-2-1-3-9(7(8)6-13)15-10-12-4-5-14-10/h1-6H. The molecule has 0 saturated heterocycles. The number of aldehydes is 1. The van der Waals surface area contributed by atoms with Crippen LogP contribution in [-0.4, -0.2) is 11.3 Å². The maximum atomic E-state index is 13.2. The van der Waals surface area contributed by atoms with Crippen LogP contribution in [0.15, 0.2) is 45.2 Å². The molecule has 1 aromatic carbocycles. The number of hydrogen-bond acceptors (Lipinski definition) is 4. The number of carbonyl (C=O) groups is 1. The first-order valence-electron chi connectivity index (χ1n) is 4.12. The average Bonchev–Trinajstić information content (AvgIpc) is 2.71. The molecule has 0 spiro atoms. The summed E-state index contributed by atoms with van der Waals surface area (Å²) >= 11 is 1.11. The van der Waals surface area contributed by atoms with Crippen molar-refractivity contribution in [3.8, 4) is 0 Å². The summed E-state index contributed by atoms with van der Waals surface area (Å²) in [6.45, 7) is 0. The molecule has 0 bridgehead atoms. The highest BCUT2D eigenvalue weighted by Crippen LogP contribution is 2.29. The predicted octanol–water partition coefficient (Wildman–Crippen LogP) is 2.78. The number of benzene rings is 1. The van der Waals surface area contributed by atoms with E-state index in [0.29, 0.717) is 16.4 Å². The van der Waals surface area contributed by atoms with Gasteiger partial charge >= 0.3 is 0 Å². The van der Waals surface area contributed by atoms with Crippen LogP contribution in [0.4, 0.5) is 4.39 Å². The quantitative estimate of drug-likeness (QED) is 0.750. The van der Waals surface area contributed by atoms with E-state index in [-0.39, 0.29) is 5.56 Å². The lowest BCUT2D eigenvalue weighted by Crippen LogP contribution is -1.90. The second kappa shape index (κ2) is 4.27. The lowest BCUT2D eigenvalue weighted by Gasteiger charge is -2.01. The maximum Gasteiger partial charge on any atom is 0.260 e. The molecule has 1 aromatic heterocycles. The fraction of sp³-hybridized carbons (Fsp3) is 0. The molecule has 1 heterocycles. The molecular weight excluding hydrogens is 217 g/mol. The Bertz CT molecular complexity index is 470. The Morgan fingerprint density at radius 2 is 2.33 bits per heavy atom. The van der Waals surface area contributed by atoms with Gasteiger partial charge in [-0.2, -0.15) is 0 Å². The summed E-state index contributed by atoms with van der Waals surface area (Å²) in [7, 11) is 0. The van der Waals surface area contributed by atoms with Gasteiger partial charge in [-0.1, -0.05) is 6.07 Å². The van der Waals surface area contributed by atoms with Gasteiger partial charge in [0.15, 0.2) is 6.29 Å². The molecular formula is C10H6FNO2S. The summed E-state index contributed by atoms with van der Waals surface area (Å²) in [5.74, 6) is -0.540. The van der Waals surface area contributed by atoms with Crippen molar-refractivity contribution < 1.29 is 13.6 Å². The molecule has 0 radical (unpaired) electrons. The first-order valence-corrected chi connectivity index (χ1v) is 4.94. The average molecular weight is 223 g/mol. The number of aromatic nitrogens is 1. The SMILES string of the molecule is O=Cc1c(F)cccc1Sc1ncco1. The van der Waals surface area contributed by atoms with Crippen LogP contribution in [0, 0.1) is 5.82 Å². The highest BCUT2D eigenvalue weighted by molar-refractivity contribution is 7.99. The van der Waals surface area contributed by atoms with Crippen molar-refractivity contribution in [2.75, 3.05) is 0 Å². The number of nitrogens with zero attached hydrogens (tertiary/aromatic N) is 1. The number of hydrogen-bond donors (Lipinski definition) is 0. The number of halogens is 1. The Labute approximate surface area is 89.3 Å². The minimum absolute atomic E-state index is 0.0284. The zero-order chi connectivity index (χ0) is 10.7. The minimum Gasteiger partial charge on any atom is -0.440 e. The van der Waals surface area contributed by atoms with E-state index in [1.165, 1.54) is 24.6 Å². The topological polar surface area (TPSA) is 43.1 Å². The lowest BCUT2D eigenvalue weighted by molar-refractivity contribution is 0.111. The van der Waals surface area contributed by atoms with E-state index in [4.69, 9.17) is 4.42 Å². The maximum absolute atomic E-state index is 13.2. The molecule has 0 atom stereocenters. The van der Waals surface area contributed by atoms with Crippen molar-refractivity contribution in [1.82, 2.24) is 4.98 Å².